The van der Waals surface area contributed by atoms with Gasteiger partial charge >= 0.3 is 0 Å². The van der Waals surface area contributed by atoms with Crippen molar-refractivity contribution in [3.8, 4) is 0 Å². The minimum Gasteiger partial charge on any atom is -0.271 e. The van der Waals surface area contributed by atoms with Crippen LogP contribution in [0.2, 0.25) is 0 Å². The van der Waals surface area contributed by atoms with Gasteiger partial charge < -0.3 is 0 Å². The van der Waals surface area contributed by atoms with E-state index in [0.717, 1.165) is 18.1 Å². The summed E-state index contributed by atoms with van der Waals surface area (Å²) in [6, 6.07) is -0.0132. The molecular formula is C9H14N6S. The van der Waals surface area contributed by atoms with Crippen LogP contribution in [0.15, 0.2) is 17.2 Å². The van der Waals surface area contributed by atoms with Gasteiger partial charge in [0.2, 0.25) is 0 Å². The second kappa shape index (κ2) is 5.15. The zero-order valence-corrected chi connectivity index (χ0v) is 9.81. The molecule has 7 heteroatoms. The molecule has 2 aromatic rings. The van der Waals surface area contributed by atoms with Gasteiger partial charge in [0.05, 0.1) is 17.2 Å². The molecular weight excluding hydrogens is 224 g/mol. The van der Waals surface area contributed by atoms with Crippen LogP contribution in [0, 0.1) is 0 Å². The number of hydrogen-bond acceptors (Lipinski definition) is 6. The molecule has 16 heavy (non-hydrogen) atoms. The zero-order valence-electron chi connectivity index (χ0n) is 9.00. The van der Waals surface area contributed by atoms with Crippen LogP contribution >= 0.6 is 11.3 Å². The summed E-state index contributed by atoms with van der Waals surface area (Å²) in [6.45, 7) is 2.84. The first kappa shape index (κ1) is 11.2. The topological polar surface area (TPSA) is 81.7 Å². The molecule has 2 rings (SSSR count). The molecule has 2 heterocycles. The predicted octanol–water partition coefficient (Wildman–Crippen LogP) is 0.502. The van der Waals surface area contributed by atoms with Gasteiger partial charge in [-0.2, -0.15) is 5.10 Å². The van der Waals surface area contributed by atoms with Crippen molar-refractivity contribution in [2.24, 2.45) is 5.84 Å². The minimum atomic E-state index is -0.0132. The van der Waals surface area contributed by atoms with E-state index in [4.69, 9.17) is 5.84 Å². The van der Waals surface area contributed by atoms with E-state index in [2.05, 4.69) is 20.5 Å². The molecule has 0 fully saturated rings. The van der Waals surface area contributed by atoms with Crippen LogP contribution in [-0.2, 0) is 13.0 Å². The Morgan fingerprint density at radius 2 is 2.44 bits per heavy atom. The Kier molecular flexibility index (Phi) is 3.60. The van der Waals surface area contributed by atoms with Gasteiger partial charge in [-0.05, 0) is 6.92 Å². The molecule has 0 radical (unpaired) electrons. The number of nitrogens with two attached hydrogens (primary N) is 1. The maximum atomic E-state index is 5.53. The van der Waals surface area contributed by atoms with E-state index in [-0.39, 0.29) is 6.04 Å². The summed E-state index contributed by atoms with van der Waals surface area (Å²) in [5.74, 6) is 6.44. The third kappa shape index (κ3) is 2.26. The Hall–Kier alpha value is -1.31. The van der Waals surface area contributed by atoms with Gasteiger partial charge in [0, 0.05) is 18.3 Å². The summed E-state index contributed by atoms with van der Waals surface area (Å²) in [5.41, 5.74) is 5.50. The fourth-order valence-electron chi connectivity index (χ4n) is 1.54. The average Bonchev–Trinajstić information content (AvgIpc) is 2.96. The Labute approximate surface area is 97.5 Å². The lowest BCUT2D eigenvalue weighted by molar-refractivity contribution is 0.502. The number of aromatic nitrogens is 4. The number of nitrogens with zero attached hydrogens (tertiary/aromatic N) is 4. The average molecular weight is 238 g/mol. The fraction of sp³-hybridized carbons (Fsp3) is 0.444. The fourth-order valence-corrected chi connectivity index (χ4v) is 2.14. The van der Waals surface area contributed by atoms with E-state index in [1.165, 1.54) is 0 Å². The second-order valence-electron chi connectivity index (χ2n) is 3.33. The molecule has 0 aromatic carbocycles. The van der Waals surface area contributed by atoms with Gasteiger partial charge in [0.25, 0.3) is 0 Å². The third-order valence-corrected chi connectivity index (χ3v) is 3.00. The first-order valence-corrected chi connectivity index (χ1v) is 6.00. The van der Waals surface area contributed by atoms with Crippen molar-refractivity contribution in [2.45, 2.75) is 25.9 Å². The van der Waals surface area contributed by atoms with E-state index in [9.17, 15) is 0 Å². The molecule has 0 amide bonds. The normalized spacial score (nSPS) is 12.9. The van der Waals surface area contributed by atoms with E-state index in [1.54, 1.807) is 23.2 Å². The lowest BCUT2D eigenvalue weighted by Crippen LogP contribution is -2.30. The number of hydrogen-bond donors (Lipinski definition) is 2. The molecule has 0 aliphatic rings. The number of rotatable bonds is 5. The van der Waals surface area contributed by atoms with Crippen molar-refractivity contribution in [1.82, 2.24) is 25.2 Å². The van der Waals surface area contributed by atoms with E-state index >= 15 is 0 Å². The van der Waals surface area contributed by atoms with Gasteiger partial charge in [-0.25, -0.2) is 9.97 Å². The highest BCUT2D eigenvalue weighted by Gasteiger charge is 2.15. The standard InChI is InChI=1S/C9H14N6S/c1-2-15-9(11-5-13-15)3-7(14-10)8-4-16-6-12-8/h4-7,14H,2-3,10H2,1H3. The molecule has 0 bridgehead atoms. The summed E-state index contributed by atoms with van der Waals surface area (Å²) in [5, 5.41) is 6.11. The Morgan fingerprint density at radius 1 is 1.56 bits per heavy atom. The lowest BCUT2D eigenvalue weighted by atomic mass is 10.1. The zero-order chi connectivity index (χ0) is 11.4. The van der Waals surface area contributed by atoms with Crippen molar-refractivity contribution in [3.05, 3.63) is 28.7 Å². The SMILES string of the molecule is CCn1ncnc1CC(NN)c1cscn1. The first-order valence-electron chi connectivity index (χ1n) is 5.06. The Bertz CT molecular complexity index is 423. The minimum absolute atomic E-state index is 0.0132. The largest absolute Gasteiger partial charge is 0.271 e. The molecule has 0 saturated carbocycles. The maximum Gasteiger partial charge on any atom is 0.138 e. The summed E-state index contributed by atoms with van der Waals surface area (Å²) in [4.78, 5) is 8.46. The Balaban J connectivity index is 2.13. The smallest absolute Gasteiger partial charge is 0.138 e. The number of thiazole rings is 1. The van der Waals surface area contributed by atoms with Crippen molar-refractivity contribution >= 4 is 11.3 Å². The van der Waals surface area contributed by atoms with Crippen LogP contribution < -0.4 is 11.3 Å². The van der Waals surface area contributed by atoms with Crippen molar-refractivity contribution < 1.29 is 0 Å². The summed E-state index contributed by atoms with van der Waals surface area (Å²) < 4.78 is 1.86. The van der Waals surface area contributed by atoms with Crippen LogP contribution in [0.5, 0.6) is 0 Å². The third-order valence-electron chi connectivity index (χ3n) is 2.39. The highest BCUT2D eigenvalue weighted by molar-refractivity contribution is 7.07. The molecule has 86 valence electrons. The lowest BCUT2D eigenvalue weighted by Gasteiger charge is -2.13. The molecule has 2 aromatic heterocycles. The molecule has 1 unspecified atom stereocenters. The highest BCUT2D eigenvalue weighted by atomic mass is 32.1. The van der Waals surface area contributed by atoms with E-state index in [0.29, 0.717) is 6.42 Å². The van der Waals surface area contributed by atoms with Gasteiger partial charge in [-0.15, -0.1) is 11.3 Å². The van der Waals surface area contributed by atoms with Gasteiger partial charge in [0.15, 0.2) is 0 Å². The Morgan fingerprint density at radius 3 is 3.06 bits per heavy atom. The number of aryl methyl sites for hydroxylation is 1. The second-order valence-corrected chi connectivity index (χ2v) is 4.05. The van der Waals surface area contributed by atoms with E-state index in [1.807, 2.05) is 17.0 Å². The molecule has 0 spiro atoms. The van der Waals surface area contributed by atoms with Crippen LogP contribution in [0.1, 0.15) is 24.5 Å². The van der Waals surface area contributed by atoms with Gasteiger partial charge in [-0.1, -0.05) is 0 Å². The predicted molar refractivity (Wildman–Crippen MR) is 61.6 cm³/mol. The molecule has 1 atom stereocenters. The van der Waals surface area contributed by atoms with E-state index < -0.39 is 0 Å². The molecule has 0 aliphatic heterocycles. The number of nitrogens with one attached hydrogen (secondary N) is 1. The van der Waals surface area contributed by atoms with Crippen LogP contribution in [-0.4, -0.2) is 19.7 Å². The molecule has 0 saturated heterocycles. The molecule has 3 N–H and O–H groups in total. The van der Waals surface area contributed by atoms with Crippen LogP contribution in [0.3, 0.4) is 0 Å². The molecule has 0 aliphatic carbocycles. The summed E-state index contributed by atoms with van der Waals surface area (Å²) in [6.07, 6.45) is 2.25. The number of hydrazine groups is 1. The highest BCUT2D eigenvalue weighted by Crippen LogP contribution is 2.16. The summed E-state index contributed by atoms with van der Waals surface area (Å²) in [7, 11) is 0. The molecule has 6 nitrogen and oxygen atoms in total. The summed E-state index contributed by atoms with van der Waals surface area (Å²) >= 11 is 1.56. The van der Waals surface area contributed by atoms with Gasteiger partial charge in [0.1, 0.15) is 12.2 Å². The quantitative estimate of drug-likeness (QED) is 0.585. The maximum absolute atomic E-state index is 5.53. The van der Waals surface area contributed by atoms with Crippen molar-refractivity contribution in [3.63, 3.8) is 0 Å². The van der Waals surface area contributed by atoms with Crippen LogP contribution in [0.4, 0.5) is 0 Å². The van der Waals surface area contributed by atoms with Crippen molar-refractivity contribution in [1.29, 1.82) is 0 Å². The van der Waals surface area contributed by atoms with Gasteiger partial charge in [-0.3, -0.25) is 16.0 Å². The first-order chi connectivity index (χ1) is 7.85. The monoisotopic (exact) mass is 238 g/mol. The van der Waals surface area contributed by atoms with Crippen LogP contribution in [0.25, 0.3) is 0 Å². The van der Waals surface area contributed by atoms with Crippen molar-refractivity contribution in [2.75, 3.05) is 0 Å².